The van der Waals surface area contributed by atoms with Crippen molar-refractivity contribution >= 4 is 23.3 Å². The molecule has 0 aliphatic rings. The summed E-state index contributed by atoms with van der Waals surface area (Å²) in [6.45, 7) is 1.79. The molecule has 1 amide bonds. The smallest absolute Gasteiger partial charge is 0.259 e. The number of anilines is 1. The van der Waals surface area contributed by atoms with Crippen LogP contribution in [0.2, 0.25) is 5.02 Å². The Balaban J connectivity index is 2.18. The number of nitrogens with one attached hydrogen (secondary N) is 1. The van der Waals surface area contributed by atoms with E-state index in [1.165, 1.54) is 12.4 Å². The number of amides is 1. The van der Waals surface area contributed by atoms with E-state index >= 15 is 0 Å². The predicted octanol–water partition coefficient (Wildman–Crippen LogP) is 2.56. The minimum Gasteiger partial charge on any atom is -0.306 e. The van der Waals surface area contributed by atoms with Gasteiger partial charge in [0.15, 0.2) is 0 Å². The fourth-order valence-corrected chi connectivity index (χ4v) is 1.70. The second-order valence-electron chi connectivity index (χ2n) is 3.80. The monoisotopic (exact) mass is 272 g/mol. The van der Waals surface area contributed by atoms with Gasteiger partial charge in [-0.3, -0.25) is 9.78 Å². The van der Waals surface area contributed by atoms with Gasteiger partial charge >= 0.3 is 0 Å². The van der Waals surface area contributed by atoms with E-state index in [9.17, 15) is 4.79 Å². The molecule has 0 atom stereocenters. The molecule has 6 heteroatoms. The maximum Gasteiger partial charge on any atom is 0.259 e. The average Bonchev–Trinajstić information content (AvgIpc) is 2.39. The van der Waals surface area contributed by atoms with Gasteiger partial charge in [0.05, 0.1) is 16.1 Å². The van der Waals surface area contributed by atoms with Crippen LogP contribution in [0.1, 0.15) is 21.6 Å². The summed E-state index contributed by atoms with van der Waals surface area (Å²) in [6, 6.07) is 6.68. The predicted molar refractivity (Wildman–Crippen MR) is 70.9 cm³/mol. The number of carbonyl (C=O) groups excluding carboxylic acids is 1. The van der Waals surface area contributed by atoms with Gasteiger partial charge in [0.1, 0.15) is 11.9 Å². The van der Waals surface area contributed by atoms with Crippen LogP contribution in [0.3, 0.4) is 0 Å². The third kappa shape index (κ3) is 3.06. The van der Waals surface area contributed by atoms with Crippen molar-refractivity contribution in [2.24, 2.45) is 0 Å². The van der Waals surface area contributed by atoms with E-state index in [1.54, 1.807) is 25.1 Å². The zero-order chi connectivity index (χ0) is 13.8. The van der Waals surface area contributed by atoms with Crippen molar-refractivity contribution in [3.05, 3.63) is 52.4 Å². The van der Waals surface area contributed by atoms with Crippen LogP contribution in [0.4, 0.5) is 5.82 Å². The molecule has 2 heterocycles. The molecule has 0 aromatic carbocycles. The molecule has 94 valence electrons. The summed E-state index contributed by atoms with van der Waals surface area (Å²) in [6.07, 6.45) is 2.79. The first-order chi connectivity index (χ1) is 9.10. The number of halogens is 1. The molecule has 0 saturated heterocycles. The lowest BCUT2D eigenvalue weighted by Gasteiger charge is -2.06. The largest absolute Gasteiger partial charge is 0.306 e. The number of hydrogen-bond acceptors (Lipinski definition) is 4. The van der Waals surface area contributed by atoms with E-state index in [2.05, 4.69) is 15.3 Å². The number of hydrogen-bond donors (Lipinski definition) is 1. The average molecular weight is 273 g/mol. The van der Waals surface area contributed by atoms with Crippen LogP contribution in [0, 0.1) is 18.3 Å². The van der Waals surface area contributed by atoms with Gasteiger partial charge in [0.25, 0.3) is 5.91 Å². The van der Waals surface area contributed by atoms with E-state index in [-0.39, 0.29) is 5.56 Å². The first-order valence-corrected chi connectivity index (χ1v) is 5.77. The van der Waals surface area contributed by atoms with Crippen molar-refractivity contribution < 1.29 is 4.79 Å². The van der Waals surface area contributed by atoms with Crippen LogP contribution in [0.5, 0.6) is 0 Å². The summed E-state index contributed by atoms with van der Waals surface area (Å²) < 4.78 is 0. The van der Waals surface area contributed by atoms with Crippen LogP contribution in [-0.4, -0.2) is 15.9 Å². The molecule has 0 radical (unpaired) electrons. The van der Waals surface area contributed by atoms with Gasteiger partial charge in [0.2, 0.25) is 0 Å². The van der Waals surface area contributed by atoms with E-state index in [4.69, 9.17) is 16.9 Å². The van der Waals surface area contributed by atoms with Crippen LogP contribution < -0.4 is 5.32 Å². The molecule has 2 aromatic rings. The Morgan fingerprint density at radius 1 is 1.37 bits per heavy atom. The van der Waals surface area contributed by atoms with E-state index in [0.717, 1.165) is 5.69 Å². The highest BCUT2D eigenvalue weighted by Gasteiger charge is 2.11. The molecule has 0 unspecified atom stereocenters. The molecular formula is C13H9ClN4O. The van der Waals surface area contributed by atoms with Gasteiger partial charge in [-0.05, 0) is 25.1 Å². The summed E-state index contributed by atoms with van der Waals surface area (Å²) in [5, 5.41) is 11.6. The fourth-order valence-electron chi connectivity index (χ4n) is 1.41. The summed E-state index contributed by atoms with van der Waals surface area (Å²) in [5.41, 5.74) is 1.43. The minimum atomic E-state index is -0.394. The number of nitrogens with zero attached hydrogens (tertiary/aromatic N) is 3. The van der Waals surface area contributed by atoms with Gasteiger partial charge in [-0.15, -0.1) is 0 Å². The maximum atomic E-state index is 12.0. The lowest BCUT2D eigenvalue weighted by molar-refractivity contribution is 0.102. The zero-order valence-electron chi connectivity index (χ0n) is 10.0. The number of aromatic nitrogens is 2. The van der Waals surface area contributed by atoms with E-state index in [0.29, 0.717) is 16.4 Å². The molecule has 0 fully saturated rings. The topological polar surface area (TPSA) is 78.7 Å². The standard InChI is InChI=1S/C13H9ClN4O/c1-8-4-11(14)10(7-16-8)13(19)18-12-3-2-9(5-15)6-17-12/h2-4,6-7H,1H3,(H,17,18,19). The number of carbonyl (C=O) groups is 1. The molecule has 2 aromatic heterocycles. The number of aryl methyl sites for hydroxylation is 1. The van der Waals surface area contributed by atoms with Gasteiger partial charge in [0, 0.05) is 18.1 Å². The molecule has 19 heavy (non-hydrogen) atoms. The molecule has 0 aliphatic heterocycles. The summed E-state index contributed by atoms with van der Waals surface area (Å²) >= 11 is 5.97. The lowest BCUT2D eigenvalue weighted by Crippen LogP contribution is -2.14. The van der Waals surface area contributed by atoms with Crippen molar-refractivity contribution in [1.29, 1.82) is 5.26 Å². The molecule has 5 nitrogen and oxygen atoms in total. The molecule has 2 rings (SSSR count). The molecule has 1 N–H and O–H groups in total. The minimum absolute atomic E-state index is 0.276. The van der Waals surface area contributed by atoms with E-state index < -0.39 is 5.91 Å². The van der Waals surface area contributed by atoms with Gasteiger partial charge in [-0.25, -0.2) is 4.98 Å². The summed E-state index contributed by atoms with van der Waals surface area (Å²) in [4.78, 5) is 19.9. The Morgan fingerprint density at radius 3 is 2.74 bits per heavy atom. The molecule has 0 spiro atoms. The van der Waals surface area contributed by atoms with Crippen LogP contribution in [0.25, 0.3) is 0 Å². The highest BCUT2D eigenvalue weighted by atomic mass is 35.5. The van der Waals surface area contributed by atoms with Gasteiger partial charge in [-0.2, -0.15) is 5.26 Å². The lowest BCUT2D eigenvalue weighted by atomic mass is 10.2. The van der Waals surface area contributed by atoms with E-state index in [1.807, 2.05) is 6.07 Å². The van der Waals surface area contributed by atoms with Crippen molar-refractivity contribution in [1.82, 2.24) is 9.97 Å². The maximum absolute atomic E-state index is 12.0. The number of nitriles is 1. The Bertz CT molecular complexity index is 661. The third-order valence-corrected chi connectivity index (χ3v) is 2.68. The van der Waals surface area contributed by atoms with Crippen molar-refractivity contribution in [2.75, 3.05) is 5.32 Å². The summed E-state index contributed by atoms with van der Waals surface area (Å²) in [5.74, 6) is -0.0460. The van der Waals surface area contributed by atoms with Crippen molar-refractivity contribution in [2.45, 2.75) is 6.92 Å². The first kappa shape index (κ1) is 13.0. The van der Waals surface area contributed by atoms with Crippen LogP contribution >= 0.6 is 11.6 Å². The summed E-state index contributed by atoms with van der Waals surface area (Å²) in [7, 11) is 0. The zero-order valence-corrected chi connectivity index (χ0v) is 10.8. The molecule has 0 bridgehead atoms. The number of rotatable bonds is 2. The molecule has 0 saturated carbocycles. The second kappa shape index (κ2) is 5.46. The van der Waals surface area contributed by atoms with Crippen molar-refractivity contribution in [3.8, 4) is 6.07 Å². The normalized spacial score (nSPS) is 9.74. The van der Waals surface area contributed by atoms with Gasteiger partial charge < -0.3 is 5.32 Å². The van der Waals surface area contributed by atoms with Crippen molar-refractivity contribution in [3.63, 3.8) is 0 Å². The molecule has 0 aliphatic carbocycles. The fraction of sp³-hybridized carbons (Fsp3) is 0.0769. The third-order valence-electron chi connectivity index (χ3n) is 2.37. The van der Waals surface area contributed by atoms with Gasteiger partial charge in [-0.1, -0.05) is 11.6 Å². The Morgan fingerprint density at radius 2 is 2.16 bits per heavy atom. The quantitative estimate of drug-likeness (QED) is 0.911. The molecular weight excluding hydrogens is 264 g/mol. The SMILES string of the molecule is Cc1cc(Cl)c(C(=O)Nc2ccc(C#N)cn2)cn1. The Labute approximate surface area is 114 Å². The second-order valence-corrected chi connectivity index (χ2v) is 4.21. The highest BCUT2D eigenvalue weighted by Crippen LogP contribution is 2.17. The van der Waals surface area contributed by atoms with Crippen LogP contribution in [0.15, 0.2) is 30.6 Å². The number of pyridine rings is 2. The highest BCUT2D eigenvalue weighted by molar-refractivity contribution is 6.34. The Kier molecular flexibility index (Phi) is 3.74. The van der Waals surface area contributed by atoms with Crippen LogP contribution in [-0.2, 0) is 0 Å². The Hall–Kier alpha value is -2.45. The first-order valence-electron chi connectivity index (χ1n) is 5.40.